The van der Waals surface area contributed by atoms with Gasteiger partial charge in [-0.1, -0.05) is 67.6 Å². The van der Waals surface area contributed by atoms with Gasteiger partial charge < -0.3 is 14.8 Å². The van der Waals surface area contributed by atoms with Crippen molar-refractivity contribution in [2.75, 3.05) is 55.6 Å². The van der Waals surface area contributed by atoms with Crippen molar-refractivity contribution in [3.8, 4) is 0 Å². The van der Waals surface area contributed by atoms with E-state index >= 15 is 0 Å². The summed E-state index contributed by atoms with van der Waals surface area (Å²) >= 11 is 0. The van der Waals surface area contributed by atoms with Gasteiger partial charge in [-0.05, 0) is 100 Å². The summed E-state index contributed by atoms with van der Waals surface area (Å²) in [4.78, 5) is 25.8. The van der Waals surface area contributed by atoms with Gasteiger partial charge in [0, 0.05) is 50.3 Å². The number of esters is 2. The minimum Gasteiger partial charge on any atom is -0.465 e. The molecule has 2 heterocycles. The molecule has 62 heavy (non-hydrogen) atoms. The number of benzene rings is 4. The molecule has 2 saturated heterocycles. The molecule has 4 atom stereocenters. The van der Waals surface area contributed by atoms with Crippen molar-refractivity contribution in [1.82, 2.24) is 18.8 Å². The highest BCUT2D eigenvalue weighted by atomic mass is 35.5. The highest BCUT2D eigenvalue weighted by molar-refractivity contribution is 7.90. The van der Waals surface area contributed by atoms with Crippen molar-refractivity contribution in [1.29, 1.82) is 0 Å². The Balaban J connectivity index is 0.000000269. The van der Waals surface area contributed by atoms with E-state index in [4.69, 9.17) is 9.47 Å². The number of nitrogens with zero attached hydrogens (tertiary/aromatic N) is 5. The van der Waals surface area contributed by atoms with Crippen LogP contribution in [0.1, 0.15) is 72.9 Å². The zero-order chi connectivity index (χ0) is 44.3. The van der Waals surface area contributed by atoms with E-state index in [0.29, 0.717) is 48.7 Å². The first kappa shape index (κ1) is 50.1. The third-order valence-electron chi connectivity index (χ3n) is 10.8. The lowest BCUT2D eigenvalue weighted by Gasteiger charge is -2.45. The molecule has 0 bridgehead atoms. The van der Waals surface area contributed by atoms with Crippen LogP contribution in [0.4, 0.5) is 11.4 Å². The van der Waals surface area contributed by atoms with Crippen LogP contribution >= 0.6 is 12.4 Å². The number of ether oxygens (including phenoxy) is 2. The minimum atomic E-state index is -3.76. The van der Waals surface area contributed by atoms with Crippen molar-refractivity contribution < 1.29 is 35.9 Å². The van der Waals surface area contributed by atoms with Crippen LogP contribution in [0.3, 0.4) is 0 Å². The molecule has 0 amide bonds. The predicted molar refractivity (Wildman–Crippen MR) is 247 cm³/mol. The molecular weight excluding hydrogens is 852 g/mol. The molecule has 2 aliphatic heterocycles. The van der Waals surface area contributed by atoms with Crippen LogP contribution in [0.2, 0.25) is 0 Å². The second kappa shape index (κ2) is 22.7. The van der Waals surface area contributed by atoms with Gasteiger partial charge in [-0.25, -0.2) is 9.59 Å². The highest BCUT2D eigenvalue weighted by Gasteiger charge is 2.39. The SMILES string of the molecule is CCCN1[C@H](C)CN(S(=O)(=O)N(Cc2ccc(C(=O)OC)cc2)c2ccccc2)C[C@@H]1C.COC(=O)c1ccc(CN(c2ccccc2)S(=O)(=O)N2C[C@@H](C)N[C@@H](C)C2)cc1.Cl. The Morgan fingerprint density at radius 2 is 0.952 bits per heavy atom. The summed E-state index contributed by atoms with van der Waals surface area (Å²) in [5.74, 6) is -0.843. The van der Waals surface area contributed by atoms with Crippen LogP contribution in [0.15, 0.2) is 109 Å². The largest absolute Gasteiger partial charge is 0.465 e. The Morgan fingerprint density at radius 1 is 0.597 bits per heavy atom. The van der Waals surface area contributed by atoms with E-state index in [1.807, 2.05) is 50.2 Å². The maximum absolute atomic E-state index is 13.8. The number of hydrogen-bond acceptors (Lipinski definition) is 10. The Kier molecular flexibility index (Phi) is 18.3. The summed E-state index contributed by atoms with van der Waals surface area (Å²) in [7, 11) is -4.84. The number of piperazine rings is 2. The first-order valence-corrected chi connectivity index (χ1v) is 23.4. The monoisotopic (exact) mass is 912 g/mol. The molecule has 4 aromatic rings. The average molecular weight is 914 g/mol. The molecular formula is C45H61ClN6O8S2. The van der Waals surface area contributed by atoms with Crippen LogP contribution in [-0.4, -0.2) is 113 Å². The average Bonchev–Trinajstić information content (AvgIpc) is 3.26. The zero-order valence-corrected chi connectivity index (χ0v) is 39.0. The molecule has 4 aromatic carbocycles. The van der Waals surface area contributed by atoms with E-state index in [1.165, 1.54) is 27.1 Å². The number of anilines is 2. The quantitative estimate of drug-likeness (QED) is 0.142. The molecule has 0 radical (unpaired) electrons. The normalized spacial score (nSPS) is 19.9. The van der Waals surface area contributed by atoms with Gasteiger partial charge in [-0.15, -0.1) is 12.4 Å². The molecule has 0 aromatic heterocycles. The Hall–Kier alpha value is -4.55. The molecule has 2 aliphatic rings. The van der Waals surface area contributed by atoms with E-state index < -0.39 is 32.4 Å². The van der Waals surface area contributed by atoms with Crippen molar-refractivity contribution >= 4 is 56.1 Å². The molecule has 6 rings (SSSR count). The standard InChI is InChI=1S/C24H33N3O4S.C21H27N3O4S.ClH/c1-5-15-26-19(2)16-25(17-20(26)3)32(29,30)27(23-9-7-6-8-10-23)18-21-11-13-22(14-12-21)24(28)31-4;1-16-13-23(14-17(2)22-16)29(26,27)24(20-7-5-4-6-8-20)15-18-9-11-19(12-10-18)21(25)28-3;/h6-14,19-20H,5,15-18H2,1-4H3;4-12,16-17,22H,13-15H2,1-3H3;1H/t19-,20+;16-,17+;. The maximum Gasteiger partial charge on any atom is 0.337 e. The fourth-order valence-electron chi connectivity index (χ4n) is 7.80. The lowest BCUT2D eigenvalue weighted by atomic mass is 10.1. The summed E-state index contributed by atoms with van der Waals surface area (Å²) in [6.45, 7) is 13.3. The zero-order valence-electron chi connectivity index (χ0n) is 36.6. The first-order valence-electron chi connectivity index (χ1n) is 20.6. The molecule has 0 unspecified atom stereocenters. The summed E-state index contributed by atoms with van der Waals surface area (Å²) < 4.78 is 70.2. The Morgan fingerprint density at radius 3 is 1.29 bits per heavy atom. The molecule has 0 aliphatic carbocycles. The maximum atomic E-state index is 13.8. The molecule has 14 nitrogen and oxygen atoms in total. The topological polar surface area (TPSA) is 149 Å². The first-order chi connectivity index (χ1) is 29.1. The van der Waals surface area contributed by atoms with Gasteiger partial charge in [-0.2, -0.15) is 25.4 Å². The van der Waals surface area contributed by atoms with Crippen LogP contribution in [-0.2, 0) is 43.0 Å². The number of rotatable bonds is 14. The van der Waals surface area contributed by atoms with Crippen LogP contribution in [0, 0.1) is 0 Å². The van der Waals surface area contributed by atoms with E-state index in [2.05, 4.69) is 31.0 Å². The number of carbonyl (C=O) groups excluding carboxylic acids is 2. The van der Waals surface area contributed by atoms with E-state index in [1.54, 1.807) is 77.1 Å². The number of para-hydroxylation sites is 2. The van der Waals surface area contributed by atoms with Gasteiger partial charge in [0.2, 0.25) is 0 Å². The third kappa shape index (κ3) is 12.6. The summed E-state index contributed by atoms with van der Waals surface area (Å²) in [6, 6.07) is 32.3. The minimum absolute atomic E-state index is 0. The number of carbonyl (C=O) groups is 2. The van der Waals surface area contributed by atoms with Gasteiger partial charge in [0.25, 0.3) is 0 Å². The van der Waals surface area contributed by atoms with E-state index in [9.17, 15) is 26.4 Å². The molecule has 2 fully saturated rings. The van der Waals surface area contributed by atoms with Gasteiger partial charge >= 0.3 is 32.4 Å². The number of methoxy groups -OCH3 is 2. The van der Waals surface area contributed by atoms with Gasteiger partial charge in [0.15, 0.2) is 0 Å². The lowest BCUT2D eigenvalue weighted by Crippen LogP contribution is -2.60. The summed E-state index contributed by atoms with van der Waals surface area (Å²) in [5, 5.41) is 3.36. The molecule has 338 valence electrons. The lowest BCUT2D eigenvalue weighted by molar-refractivity contribution is 0.0592. The second-order valence-electron chi connectivity index (χ2n) is 15.6. The second-order valence-corrected chi connectivity index (χ2v) is 19.3. The van der Waals surface area contributed by atoms with E-state index in [-0.39, 0.29) is 49.7 Å². The summed E-state index contributed by atoms with van der Waals surface area (Å²) in [6.07, 6.45) is 1.04. The molecule has 17 heteroatoms. The van der Waals surface area contributed by atoms with Crippen LogP contribution in [0.25, 0.3) is 0 Å². The molecule has 1 N–H and O–H groups in total. The van der Waals surface area contributed by atoms with Crippen molar-refractivity contribution in [3.05, 3.63) is 131 Å². The third-order valence-corrected chi connectivity index (χ3v) is 14.5. The van der Waals surface area contributed by atoms with Crippen molar-refractivity contribution in [2.45, 2.75) is 78.3 Å². The van der Waals surface area contributed by atoms with Crippen LogP contribution in [0.5, 0.6) is 0 Å². The Labute approximate surface area is 374 Å². The van der Waals surface area contributed by atoms with Gasteiger partial charge in [0.1, 0.15) is 0 Å². The van der Waals surface area contributed by atoms with Gasteiger partial charge in [0.05, 0.1) is 49.8 Å². The van der Waals surface area contributed by atoms with Crippen molar-refractivity contribution in [2.24, 2.45) is 0 Å². The Bertz CT molecular complexity index is 2240. The van der Waals surface area contributed by atoms with E-state index in [0.717, 1.165) is 24.1 Å². The van der Waals surface area contributed by atoms with Gasteiger partial charge in [-0.3, -0.25) is 13.5 Å². The fourth-order valence-corrected chi connectivity index (χ4v) is 11.4. The van der Waals surface area contributed by atoms with Crippen molar-refractivity contribution in [3.63, 3.8) is 0 Å². The summed E-state index contributed by atoms with van der Waals surface area (Å²) in [5.41, 5.74) is 3.64. The number of halogens is 1. The number of nitrogens with one attached hydrogen (secondary N) is 1. The number of hydrogen-bond donors (Lipinski definition) is 1. The smallest absolute Gasteiger partial charge is 0.337 e. The predicted octanol–water partition coefficient (Wildman–Crippen LogP) is 6.36. The highest BCUT2D eigenvalue weighted by Crippen LogP contribution is 2.28. The van der Waals surface area contributed by atoms with Crippen LogP contribution < -0.4 is 13.9 Å². The molecule has 0 saturated carbocycles. The molecule has 0 spiro atoms. The fraction of sp³-hybridized carbons (Fsp3) is 0.422.